The maximum atomic E-state index is 12.8. The van der Waals surface area contributed by atoms with Crippen LogP contribution >= 0.6 is 12.4 Å². The summed E-state index contributed by atoms with van der Waals surface area (Å²) in [5.41, 5.74) is 4.88. The molecule has 3 atom stereocenters. The van der Waals surface area contributed by atoms with Crippen LogP contribution in [0.1, 0.15) is 74.1 Å². The van der Waals surface area contributed by atoms with Gasteiger partial charge >= 0.3 is 7.12 Å². The van der Waals surface area contributed by atoms with Crippen molar-refractivity contribution in [1.82, 2.24) is 4.90 Å². The highest BCUT2D eigenvalue weighted by molar-refractivity contribution is 6.45. The molecule has 0 bridgehead atoms. The van der Waals surface area contributed by atoms with E-state index in [2.05, 4.69) is 67.5 Å². The molecule has 0 aromatic carbocycles. The number of carbonyl (C=O) groups is 1. The van der Waals surface area contributed by atoms with Crippen molar-refractivity contribution in [2.75, 3.05) is 20.6 Å². The smallest absolute Gasteiger partial charge is 0.403 e. The van der Waals surface area contributed by atoms with Gasteiger partial charge in [-0.1, -0.05) is 33.6 Å². The molecule has 2 aliphatic rings. The molecule has 2 rings (SSSR count). The van der Waals surface area contributed by atoms with Crippen molar-refractivity contribution in [2.45, 2.75) is 91.7 Å². The van der Waals surface area contributed by atoms with Gasteiger partial charge in [0.15, 0.2) is 0 Å². The lowest BCUT2D eigenvalue weighted by molar-refractivity contribution is -0.147. The van der Waals surface area contributed by atoms with Crippen LogP contribution in [0.2, 0.25) is 6.32 Å². The number of hydrogen-bond donors (Lipinski definition) is 1. The van der Waals surface area contributed by atoms with E-state index in [0.29, 0.717) is 11.8 Å². The van der Waals surface area contributed by atoms with Gasteiger partial charge in [-0.2, -0.15) is 0 Å². The highest BCUT2D eigenvalue weighted by Gasteiger charge is 2.56. The summed E-state index contributed by atoms with van der Waals surface area (Å²) in [5.74, 6) is 0.643. The summed E-state index contributed by atoms with van der Waals surface area (Å²) in [7, 11) is 4.00. The number of hydrogen-bond acceptors (Lipinski definition) is 4. The Morgan fingerprint density at radius 3 is 2.03 bits per heavy atom. The van der Waals surface area contributed by atoms with Crippen LogP contribution in [0.5, 0.6) is 0 Å². The predicted molar refractivity (Wildman–Crippen MR) is 123 cm³/mol. The summed E-state index contributed by atoms with van der Waals surface area (Å²) in [6.07, 6.45) is 4.94. The SMILES string of the molecule is CN(C)CC1CCC(CCB2OC(C)(C)C(C)(C)O2)CC1(C(N)=O)C(C)(C)C.Cl. The maximum absolute atomic E-state index is 12.8. The minimum atomic E-state index is -0.476. The topological polar surface area (TPSA) is 64.8 Å². The number of primary amides is 1. The third-order valence-corrected chi connectivity index (χ3v) is 7.71. The lowest BCUT2D eigenvalue weighted by Gasteiger charge is -2.53. The van der Waals surface area contributed by atoms with Crippen LogP contribution in [0, 0.1) is 22.7 Å². The highest BCUT2D eigenvalue weighted by atomic mass is 35.5. The van der Waals surface area contributed by atoms with Crippen molar-refractivity contribution in [1.29, 1.82) is 0 Å². The summed E-state index contributed by atoms with van der Waals surface area (Å²) in [5, 5.41) is 0. The molecule has 5 nitrogen and oxygen atoms in total. The fourth-order valence-corrected chi connectivity index (χ4v) is 5.39. The van der Waals surface area contributed by atoms with Gasteiger partial charge < -0.3 is 19.9 Å². The zero-order chi connectivity index (χ0) is 21.5. The summed E-state index contributed by atoms with van der Waals surface area (Å²) < 4.78 is 12.4. The predicted octanol–water partition coefficient (Wildman–Crippen LogP) is 4.39. The molecule has 2 N–H and O–H groups in total. The number of halogens is 1. The number of nitrogens with two attached hydrogens (primary N) is 1. The molecule has 1 amide bonds. The average molecular weight is 431 g/mol. The first kappa shape index (κ1) is 26.7. The molecule has 1 heterocycles. The Hall–Kier alpha value is -0.295. The molecule has 170 valence electrons. The van der Waals surface area contributed by atoms with Crippen LogP contribution < -0.4 is 5.73 Å². The first-order valence-electron chi connectivity index (χ1n) is 10.9. The molecular weight excluding hydrogens is 387 g/mol. The first-order valence-corrected chi connectivity index (χ1v) is 10.9. The van der Waals surface area contributed by atoms with E-state index in [1.54, 1.807) is 0 Å². The zero-order valence-electron chi connectivity index (χ0n) is 20.1. The molecule has 0 aromatic rings. The maximum Gasteiger partial charge on any atom is 0.457 e. The largest absolute Gasteiger partial charge is 0.457 e. The van der Waals surface area contributed by atoms with Gasteiger partial charge in [-0.15, -0.1) is 12.4 Å². The Morgan fingerprint density at radius 1 is 1.10 bits per heavy atom. The van der Waals surface area contributed by atoms with Gasteiger partial charge in [0, 0.05) is 6.54 Å². The normalized spacial score (nSPS) is 31.6. The van der Waals surface area contributed by atoms with Crippen LogP contribution in [0.3, 0.4) is 0 Å². The van der Waals surface area contributed by atoms with E-state index in [1.807, 2.05) is 0 Å². The summed E-state index contributed by atoms with van der Waals surface area (Å²) >= 11 is 0. The zero-order valence-corrected chi connectivity index (χ0v) is 20.9. The molecule has 7 heteroatoms. The van der Waals surface area contributed by atoms with E-state index in [0.717, 1.165) is 38.5 Å². The van der Waals surface area contributed by atoms with Crippen molar-refractivity contribution >= 4 is 25.4 Å². The monoisotopic (exact) mass is 430 g/mol. The molecular formula is C22H44BClN2O3. The fraction of sp³-hybridized carbons (Fsp3) is 0.955. The molecule has 1 saturated heterocycles. The molecule has 29 heavy (non-hydrogen) atoms. The second kappa shape index (κ2) is 9.06. The summed E-state index contributed by atoms with van der Waals surface area (Å²) in [6, 6.07) is 0. The molecule has 2 fully saturated rings. The molecule has 1 aliphatic carbocycles. The second-order valence-electron chi connectivity index (χ2n) is 11.5. The van der Waals surface area contributed by atoms with Crippen LogP contribution in [-0.4, -0.2) is 49.8 Å². The van der Waals surface area contributed by atoms with E-state index < -0.39 is 5.41 Å². The lowest BCUT2D eigenvalue weighted by atomic mass is 9.51. The van der Waals surface area contributed by atoms with Crippen molar-refractivity contribution in [3.8, 4) is 0 Å². The van der Waals surface area contributed by atoms with Crippen LogP contribution in [-0.2, 0) is 14.1 Å². The van der Waals surface area contributed by atoms with Crippen molar-refractivity contribution in [3.05, 3.63) is 0 Å². The van der Waals surface area contributed by atoms with Gasteiger partial charge in [0.25, 0.3) is 0 Å². The average Bonchev–Trinajstić information content (AvgIpc) is 2.71. The number of rotatable bonds is 6. The van der Waals surface area contributed by atoms with E-state index in [9.17, 15) is 4.79 Å². The molecule has 1 saturated carbocycles. The van der Waals surface area contributed by atoms with Gasteiger partial charge in [0.1, 0.15) is 0 Å². The third kappa shape index (κ3) is 5.31. The number of carbonyl (C=O) groups excluding carboxylic acids is 1. The van der Waals surface area contributed by atoms with E-state index in [-0.39, 0.29) is 42.0 Å². The molecule has 1 aliphatic heterocycles. The summed E-state index contributed by atoms with van der Waals surface area (Å²) in [6.45, 7) is 15.8. The van der Waals surface area contributed by atoms with Gasteiger partial charge in [-0.3, -0.25) is 4.79 Å². The second-order valence-corrected chi connectivity index (χ2v) is 11.5. The highest BCUT2D eigenvalue weighted by Crippen LogP contribution is 2.55. The van der Waals surface area contributed by atoms with E-state index in [1.165, 1.54) is 0 Å². The minimum absolute atomic E-state index is 0. The van der Waals surface area contributed by atoms with E-state index in [4.69, 9.17) is 15.0 Å². The van der Waals surface area contributed by atoms with Gasteiger partial charge in [0.2, 0.25) is 5.91 Å². The van der Waals surface area contributed by atoms with Crippen LogP contribution in [0.25, 0.3) is 0 Å². The van der Waals surface area contributed by atoms with E-state index >= 15 is 0 Å². The van der Waals surface area contributed by atoms with Crippen molar-refractivity contribution < 1.29 is 14.1 Å². The quantitative estimate of drug-likeness (QED) is 0.635. The Kier molecular flexibility index (Phi) is 8.35. The Labute approximate surface area is 185 Å². The number of nitrogens with zero attached hydrogens (tertiary/aromatic N) is 1. The van der Waals surface area contributed by atoms with Gasteiger partial charge in [-0.25, -0.2) is 0 Å². The Morgan fingerprint density at radius 2 is 1.62 bits per heavy atom. The Balaban J connectivity index is 0.00000420. The van der Waals surface area contributed by atoms with Crippen LogP contribution in [0.15, 0.2) is 0 Å². The fourth-order valence-electron chi connectivity index (χ4n) is 5.39. The first-order chi connectivity index (χ1) is 12.6. The number of amides is 1. The molecule has 3 unspecified atom stereocenters. The van der Waals surface area contributed by atoms with Crippen molar-refractivity contribution in [2.24, 2.45) is 28.4 Å². The third-order valence-electron chi connectivity index (χ3n) is 7.71. The Bertz CT molecular complexity index is 561. The van der Waals surface area contributed by atoms with Crippen molar-refractivity contribution in [3.63, 3.8) is 0 Å². The van der Waals surface area contributed by atoms with Crippen LogP contribution in [0.4, 0.5) is 0 Å². The summed E-state index contributed by atoms with van der Waals surface area (Å²) in [4.78, 5) is 15.0. The standard InChI is InChI=1S/C22H43BN2O3.ClH/c1-19(2,3)22(18(24)26)14-16(10-11-17(22)15-25(8)9)12-13-23-27-20(4,5)21(6,7)28-23;/h16-17H,10-15H2,1-9H3,(H2,24,26);1H. The minimum Gasteiger partial charge on any atom is -0.403 e. The molecule has 0 radical (unpaired) electrons. The van der Waals surface area contributed by atoms with Gasteiger partial charge in [0.05, 0.1) is 16.6 Å². The molecule has 0 aromatic heterocycles. The molecule has 0 spiro atoms. The van der Waals surface area contributed by atoms with Gasteiger partial charge in [-0.05, 0) is 78.2 Å². The lowest BCUT2D eigenvalue weighted by Crippen LogP contribution is -2.57.